The van der Waals surface area contributed by atoms with Gasteiger partial charge in [0, 0.05) is 37.7 Å². The maximum absolute atomic E-state index is 12.6. The van der Waals surface area contributed by atoms with Crippen LogP contribution in [0.1, 0.15) is 47.0 Å². The van der Waals surface area contributed by atoms with Gasteiger partial charge in [-0.3, -0.25) is 9.59 Å². The van der Waals surface area contributed by atoms with Crippen LogP contribution in [-0.4, -0.2) is 48.4 Å². The van der Waals surface area contributed by atoms with E-state index in [1.807, 2.05) is 13.8 Å². The molecule has 1 N–H and O–H groups in total. The second kappa shape index (κ2) is 11.1. The molecule has 170 valence electrons. The minimum atomic E-state index is -0.906. The van der Waals surface area contributed by atoms with Crippen LogP contribution in [-0.2, 0) is 28.6 Å². The van der Waals surface area contributed by atoms with Crippen molar-refractivity contribution in [1.29, 1.82) is 0 Å². The van der Waals surface area contributed by atoms with Gasteiger partial charge < -0.3 is 19.3 Å². The van der Waals surface area contributed by atoms with Gasteiger partial charge in [-0.2, -0.15) is 0 Å². The van der Waals surface area contributed by atoms with Crippen LogP contribution in [0.5, 0.6) is 0 Å². The van der Waals surface area contributed by atoms with Gasteiger partial charge >= 0.3 is 17.9 Å². The predicted molar refractivity (Wildman–Crippen MR) is 115 cm³/mol. The highest BCUT2D eigenvalue weighted by Gasteiger charge is 2.38. The number of hydrogen-bond donors (Lipinski definition) is 1. The van der Waals surface area contributed by atoms with Gasteiger partial charge in [0.15, 0.2) is 0 Å². The molecule has 2 rings (SSSR count). The fourth-order valence-electron chi connectivity index (χ4n) is 4.02. The number of carbonyl (C=O) groups excluding carboxylic acids is 3. The lowest BCUT2D eigenvalue weighted by atomic mass is 9.76. The molecule has 0 aromatic heterocycles. The Morgan fingerprint density at radius 1 is 1.26 bits per heavy atom. The second-order valence-corrected chi connectivity index (χ2v) is 8.32. The third kappa shape index (κ3) is 7.51. The second-order valence-electron chi connectivity index (χ2n) is 8.32. The minimum absolute atomic E-state index is 0.0842. The number of hydrogen-bond acceptors (Lipinski definition) is 7. The van der Waals surface area contributed by atoms with Gasteiger partial charge in [-0.05, 0) is 44.4 Å². The van der Waals surface area contributed by atoms with Crippen molar-refractivity contribution in [2.45, 2.75) is 59.2 Å². The Bertz CT molecular complexity index is 814. The number of cyclic esters (lactones) is 1. The normalized spacial score (nSPS) is 26.3. The van der Waals surface area contributed by atoms with Gasteiger partial charge in [0.1, 0.15) is 12.7 Å². The van der Waals surface area contributed by atoms with E-state index < -0.39 is 30.1 Å². The fraction of sp³-hybridized carbons (Fsp3) is 0.542. The molecule has 0 amide bonds. The first kappa shape index (κ1) is 24.6. The van der Waals surface area contributed by atoms with E-state index in [0.717, 1.165) is 16.7 Å². The Morgan fingerprint density at radius 3 is 2.58 bits per heavy atom. The van der Waals surface area contributed by atoms with Gasteiger partial charge in [0.2, 0.25) is 0 Å². The molecule has 0 bridgehead atoms. The van der Waals surface area contributed by atoms with Gasteiger partial charge in [0.25, 0.3) is 0 Å². The van der Waals surface area contributed by atoms with Crippen molar-refractivity contribution < 1.29 is 33.7 Å². The van der Waals surface area contributed by atoms with Crippen molar-refractivity contribution in [2.75, 3.05) is 13.2 Å². The molecular weight excluding hydrogens is 400 g/mol. The third-order valence-electron chi connectivity index (χ3n) is 5.33. The first-order chi connectivity index (χ1) is 14.6. The van der Waals surface area contributed by atoms with Crippen molar-refractivity contribution in [2.24, 2.45) is 11.8 Å². The van der Waals surface area contributed by atoms with Gasteiger partial charge in [-0.25, -0.2) is 4.79 Å². The molecule has 0 spiro atoms. The van der Waals surface area contributed by atoms with Gasteiger partial charge in [-0.15, -0.1) is 0 Å². The number of aliphatic hydroxyl groups is 1. The number of aliphatic hydroxyl groups excluding tert-OH is 1. The molecule has 1 saturated heterocycles. The molecule has 7 heteroatoms. The van der Waals surface area contributed by atoms with E-state index in [9.17, 15) is 19.5 Å². The Morgan fingerprint density at radius 2 is 1.97 bits per heavy atom. The number of allylic oxidation sites excluding steroid dienone is 1. The molecule has 1 aliphatic heterocycles. The Kier molecular flexibility index (Phi) is 8.80. The molecule has 0 radical (unpaired) electrons. The summed E-state index contributed by atoms with van der Waals surface area (Å²) in [5.74, 6) is -1.65. The largest absolute Gasteiger partial charge is 0.462 e. The van der Waals surface area contributed by atoms with Crippen LogP contribution < -0.4 is 0 Å². The van der Waals surface area contributed by atoms with Crippen LogP contribution in [0.2, 0.25) is 0 Å². The molecule has 4 unspecified atom stereocenters. The van der Waals surface area contributed by atoms with Crippen molar-refractivity contribution in [3.8, 4) is 0 Å². The van der Waals surface area contributed by atoms with Crippen LogP contribution >= 0.6 is 0 Å². The smallest absolute Gasteiger partial charge is 0.334 e. The van der Waals surface area contributed by atoms with Crippen LogP contribution in [0.25, 0.3) is 0 Å². The zero-order valence-electron chi connectivity index (χ0n) is 18.7. The maximum Gasteiger partial charge on any atom is 0.334 e. The maximum atomic E-state index is 12.6. The summed E-state index contributed by atoms with van der Waals surface area (Å²) in [5, 5.41) is 10.4. The van der Waals surface area contributed by atoms with Gasteiger partial charge in [0.05, 0.1) is 12.7 Å². The highest BCUT2D eigenvalue weighted by Crippen LogP contribution is 2.39. The molecular formula is C24H32O7. The molecule has 1 aliphatic carbocycles. The topological polar surface area (TPSA) is 99.1 Å². The average molecular weight is 433 g/mol. The molecule has 0 aromatic carbocycles. The lowest BCUT2D eigenvalue weighted by Crippen LogP contribution is -2.35. The Balaban J connectivity index is 2.39. The van der Waals surface area contributed by atoms with Crippen LogP contribution in [0.4, 0.5) is 0 Å². The number of rotatable bonds is 5. The summed E-state index contributed by atoms with van der Waals surface area (Å²) in [6.07, 6.45) is 5.03. The fourth-order valence-corrected chi connectivity index (χ4v) is 4.02. The van der Waals surface area contributed by atoms with Crippen molar-refractivity contribution in [3.05, 3.63) is 47.1 Å². The number of ether oxygens (including phenoxy) is 3. The predicted octanol–water partition coefficient (Wildman–Crippen LogP) is 3.19. The van der Waals surface area contributed by atoms with E-state index in [2.05, 4.69) is 6.58 Å². The molecule has 1 heterocycles. The van der Waals surface area contributed by atoms with Gasteiger partial charge in [-0.1, -0.05) is 23.8 Å². The highest BCUT2D eigenvalue weighted by atomic mass is 16.5. The summed E-state index contributed by atoms with van der Waals surface area (Å²) in [5.41, 5.74) is 2.95. The van der Waals surface area contributed by atoms with E-state index in [0.29, 0.717) is 24.8 Å². The molecule has 1 fully saturated rings. The van der Waals surface area contributed by atoms with Crippen molar-refractivity contribution in [3.63, 3.8) is 0 Å². The molecule has 31 heavy (non-hydrogen) atoms. The van der Waals surface area contributed by atoms with E-state index in [1.54, 1.807) is 12.2 Å². The number of fused-ring (bicyclic) bond motifs is 1. The monoisotopic (exact) mass is 432 g/mol. The third-order valence-corrected chi connectivity index (χ3v) is 5.33. The van der Waals surface area contributed by atoms with Crippen molar-refractivity contribution >= 4 is 17.9 Å². The zero-order chi connectivity index (χ0) is 23.1. The number of carbonyl (C=O) groups is 3. The standard InChI is InChI=1S/C24H32O7/c1-14(2)8-19(27)11-22-21-7-6-18(12-29-16(4)25)10-20(31-17(5)26)9-15(3)23(21)13-30-24(22)28/h8,10-11,19-21,23,27H,3,6-7,9,12-13H2,1-2,4-5H3. The first-order valence-corrected chi connectivity index (χ1v) is 10.5. The van der Waals surface area contributed by atoms with E-state index >= 15 is 0 Å². The highest BCUT2D eigenvalue weighted by molar-refractivity contribution is 5.90. The molecule has 2 aliphatic rings. The Hall–Kier alpha value is -2.67. The van der Waals surface area contributed by atoms with Crippen LogP contribution in [0.15, 0.2) is 47.1 Å². The summed E-state index contributed by atoms with van der Waals surface area (Å²) in [6.45, 7) is 10.9. The molecule has 4 atom stereocenters. The summed E-state index contributed by atoms with van der Waals surface area (Å²) in [6, 6.07) is 0. The zero-order valence-corrected chi connectivity index (χ0v) is 18.7. The quantitative estimate of drug-likeness (QED) is 0.308. The minimum Gasteiger partial charge on any atom is -0.462 e. The summed E-state index contributed by atoms with van der Waals surface area (Å²) in [4.78, 5) is 35.4. The molecule has 0 aromatic rings. The van der Waals surface area contributed by atoms with Crippen LogP contribution in [0.3, 0.4) is 0 Å². The van der Waals surface area contributed by atoms with E-state index in [-0.39, 0.29) is 25.0 Å². The van der Waals surface area contributed by atoms with E-state index in [1.165, 1.54) is 19.9 Å². The first-order valence-electron chi connectivity index (χ1n) is 10.5. The summed E-state index contributed by atoms with van der Waals surface area (Å²) < 4.78 is 16.0. The lowest BCUT2D eigenvalue weighted by molar-refractivity contribution is -0.145. The van der Waals surface area contributed by atoms with E-state index in [4.69, 9.17) is 14.2 Å². The lowest BCUT2D eigenvalue weighted by Gasteiger charge is -2.34. The number of esters is 3. The van der Waals surface area contributed by atoms with Crippen LogP contribution in [0, 0.1) is 11.8 Å². The molecule has 0 saturated carbocycles. The summed E-state index contributed by atoms with van der Waals surface area (Å²) >= 11 is 0. The van der Waals surface area contributed by atoms with Crippen molar-refractivity contribution in [1.82, 2.24) is 0 Å². The average Bonchev–Trinajstić information content (AvgIpc) is 2.69. The summed E-state index contributed by atoms with van der Waals surface area (Å²) in [7, 11) is 0. The molecule has 7 nitrogen and oxygen atoms in total. The SMILES string of the molecule is C=C1CC(OC(C)=O)C=C(COC(C)=O)CCC2C(=CC(O)C=C(C)C)C(=O)OCC12. The Labute approximate surface area is 183 Å².